The summed E-state index contributed by atoms with van der Waals surface area (Å²) in [5.41, 5.74) is 3.22. The molecule has 0 aliphatic carbocycles. The summed E-state index contributed by atoms with van der Waals surface area (Å²) in [7, 11) is 0. The Bertz CT molecular complexity index is 557. The van der Waals surface area contributed by atoms with Crippen molar-refractivity contribution in [2.45, 2.75) is 39.7 Å². The highest BCUT2D eigenvalue weighted by molar-refractivity contribution is 5.95. The molecule has 100 valence electrons. The molecular weight excluding hydrogens is 236 g/mol. The normalized spacial score (nSPS) is 10.6. The van der Waals surface area contributed by atoms with Crippen LogP contribution in [0.5, 0.6) is 0 Å². The van der Waals surface area contributed by atoms with Gasteiger partial charge in [0.05, 0.1) is 11.8 Å². The minimum Gasteiger partial charge on any atom is -0.294 e. The highest BCUT2D eigenvalue weighted by atomic mass is 16.1. The molecule has 0 unspecified atom stereocenters. The maximum absolute atomic E-state index is 12.1. The van der Waals surface area contributed by atoms with Crippen LogP contribution in [0.15, 0.2) is 36.7 Å². The Labute approximate surface area is 114 Å². The molecule has 0 amide bonds. The third-order valence-electron chi connectivity index (χ3n) is 3.29. The number of aryl methyl sites for hydroxylation is 3. The summed E-state index contributed by atoms with van der Waals surface area (Å²) in [6, 6.07) is 8.21. The number of nitrogens with zero attached hydrogens (tertiary/aromatic N) is 2. The minimum atomic E-state index is 0.172. The molecule has 1 aromatic heterocycles. The van der Waals surface area contributed by atoms with Gasteiger partial charge in [-0.2, -0.15) is 5.10 Å². The summed E-state index contributed by atoms with van der Waals surface area (Å²) in [6.45, 7) is 5.05. The molecule has 0 radical (unpaired) electrons. The predicted molar refractivity (Wildman–Crippen MR) is 76.3 cm³/mol. The van der Waals surface area contributed by atoms with Crippen LogP contribution >= 0.6 is 0 Å². The second-order valence-electron chi connectivity index (χ2n) is 4.84. The van der Waals surface area contributed by atoms with Crippen molar-refractivity contribution in [1.82, 2.24) is 9.78 Å². The van der Waals surface area contributed by atoms with Gasteiger partial charge < -0.3 is 0 Å². The van der Waals surface area contributed by atoms with E-state index in [1.165, 1.54) is 11.1 Å². The van der Waals surface area contributed by atoms with Gasteiger partial charge >= 0.3 is 0 Å². The third-order valence-corrected chi connectivity index (χ3v) is 3.29. The second-order valence-corrected chi connectivity index (χ2v) is 4.84. The second kappa shape index (κ2) is 6.32. The van der Waals surface area contributed by atoms with E-state index in [9.17, 15) is 4.79 Å². The number of benzene rings is 1. The van der Waals surface area contributed by atoms with E-state index in [4.69, 9.17) is 0 Å². The van der Waals surface area contributed by atoms with Gasteiger partial charge in [0.15, 0.2) is 5.78 Å². The zero-order valence-corrected chi connectivity index (χ0v) is 11.6. The zero-order chi connectivity index (χ0) is 13.7. The molecule has 0 aliphatic heterocycles. The van der Waals surface area contributed by atoms with E-state index >= 15 is 0 Å². The van der Waals surface area contributed by atoms with Crippen LogP contribution in [-0.4, -0.2) is 15.6 Å². The predicted octanol–water partition coefficient (Wildman–Crippen LogP) is 3.42. The van der Waals surface area contributed by atoms with E-state index in [1.807, 2.05) is 23.0 Å². The van der Waals surface area contributed by atoms with E-state index in [-0.39, 0.29) is 5.78 Å². The molecule has 1 aromatic carbocycles. The van der Waals surface area contributed by atoms with Gasteiger partial charge in [-0.25, -0.2) is 0 Å². The van der Waals surface area contributed by atoms with Gasteiger partial charge in [-0.15, -0.1) is 0 Å². The molecule has 3 heteroatoms. The van der Waals surface area contributed by atoms with Crippen molar-refractivity contribution in [3.8, 4) is 0 Å². The molecule has 0 saturated carbocycles. The summed E-state index contributed by atoms with van der Waals surface area (Å²) in [6.07, 6.45) is 5.89. The quantitative estimate of drug-likeness (QED) is 0.742. The molecule has 0 aliphatic rings. The monoisotopic (exact) mass is 256 g/mol. The van der Waals surface area contributed by atoms with Gasteiger partial charge in [0, 0.05) is 19.2 Å². The van der Waals surface area contributed by atoms with Gasteiger partial charge in [0.1, 0.15) is 0 Å². The van der Waals surface area contributed by atoms with Crippen molar-refractivity contribution in [1.29, 1.82) is 0 Å². The molecule has 0 spiro atoms. The van der Waals surface area contributed by atoms with E-state index in [1.54, 1.807) is 6.20 Å². The average molecular weight is 256 g/mol. The van der Waals surface area contributed by atoms with Crippen LogP contribution in [0.25, 0.3) is 0 Å². The van der Waals surface area contributed by atoms with Crippen LogP contribution in [0.3, 0.4) is 0 Å². The molecule has 1 heterocycles. The molecule has 0 fully saturated rings. The number of aromatic nitrogens is 2. The summed E-state index contributed by atoms with van der Waals surface area (Å²) < 4.78 is 1.83. The van der Waals surface area contributed by atoms with Crippen LogP contribution in [0.1, 0.15) is 41.3 Å². The topological polar surface area (TPSA) is 34.9 Å². The minimum absolute atomic E-state index is 0.172. The lowest BCUT2D eigenvalue weighted by Crippen LogP contribution is -2.01. The maximum atomic E-state index is 12.1. The van der Waals surface area contributed by atoms with Gasteiger partial charge in [0.25, 0.3) is 0 Å². The molecule has 0 N–H and O–H groups in total. The summed E-state index contributed by atoms with van der Waals surface area (Å²) in [4.78, 5) is 12.1. The summed E-state index contributed by atoms with van der Waals surface area (Å²) in [5.74, 6) is 0.172. The number of ketones is 1. The standard InChI is InChI=1S/C16H20N2O/c1-3-10-18-12-15(11-17-18)16(19)9-8-14-7-5-4-6-13(14)2/h4-7,11-12H,3,8-10H2,1-2H3. The number of rotatable bonds is 6. The number of carbonyl (C=O) groups excluding carboxylic acids is 1. The average Bonchev–Trinajstić information content (AvgIpc) is 2.87. The molecule has 0 bridgehead atoms. The Hall–Kier alpha value is -1.90. The molecule has 0 atom stereocenters. The fourth-order valence-electron chi connectivity index (χ4n) is 2.14. The van der Waals surface area contributed by atoms with Crippen molar-refractivity contribution in [2.24, 2.45) is 0 Å². The molecule has 0 saturated heterocycles. The lowest BCUT2D eigenvalue weighted by atomic mass is 10.0. The van der Waals surface area contributed by atoms with Gasteiger partial charge in [-0.3, -0.25) is 9.48 Å². The molecule has 2 aromatic rings. The fourth-order valence-corrected chi connectivity index (χ4v) is 2.14. The van der Waals surface area contributed by atoms with Crippen LogP contribution in [0.2, 0.25) is 0 Å². The van der Waals surface area contributed by atoms with Crippen molar-refractivity contribution in [3.63, 3.8) is 0 Å². The van der Waals surface area contributed by atoms with Gasteiger partial charge in [0.2, 0.25) is 0 Å². The van der Waals surface area contributed by atoms with Crippen molar-refractivity contribution >= 4 is 5.78 Å². The zero-order valence-electron chi connectivity index (χ0n) is 11.6. The van der Waals surface area contributed by atoms with Crippen LogP contribution in [-0.2, 0) is 13.0 Å². The Morgan fingerprint density at radius 2 is 2.11 bits per heavy atom. The Morgan fingerprint density at radius 1 is 1.32 bits per heavy atom. The van der Waals surface area contributed by atoms with Crippen molar-refractivity contribution < 1.29 is 4.79 Å². The SMILES string of the molecule is CCCn1cc(C(=O)CCc2ccccc2C)cn1. The smallest absolute Gasteiger partial charge is 0.166 e. The molecule has 2 rings (SSSR count). The number of carbonyl (C=O) groups is 1. The molecular formula is C16H20N2O. The first-order valence-electron chi connectivity index (χ1n) is 6.81. The van der Waals surface area contributed by atoms with Crippen LogP contribution < -0.4 is 0 Å². The molecule has 3 nitrogen and oxygen atoms in total. The van der Waals surface area contributed by atoms with Crippen molar-refractivity contribution in [2.75, 3.05) is 0 Å². The van der Waals surface area contributed by atoms with Gasteiger partial charge in [-0.05, 0) is 30.9 Å². The molecule has 19 heavy (non-hydrogen) atoms. The lowest BCUT2D eigenvalue weighted by Gasteiger charge is -2.03. The number of hydrogen-bond donors (Lipinski definition) is 0. The van der Waals surface area contributed by atoms with Crippen LogP contribution in [0, 0.1) is 6.92 Å². The van der Waals surface area contributed by atoms with E-state index in [0.717, 1.165) is 24.9 Å². The fraction of sp³-hybridized carbons (Fsp3) is 0.375. The third kappa shape index (κ3) is 3.53. The van der Waals surface area contributed by atoms with E-state index in [0.29, 0.717) is 6.42 Å². The maximum Gasteiger partial charge on any atom is 0.166 e. The van der Waals surface area contributed by atoms with E-state index < -0.39 is 0 Å². The first-order valence-corrected chi connectivity index (χ1v) is 6.81. The Kier molecular flexibility index (Phi) is 4.50. The lowest BCUT2D eigenvalue weighted by molar-refractivity contribution is 0.0982. The number of hydrogen-bond acceptors (Lipinski definition) is 2. The first kappa shape index (κ1) is 13.5. The van der Waals surface area contributed by atoms with E-state index in [2.05, 4.69) is 31.1 Å². The Balaban J connectivity index is 1.95. The number of Topliss-reactive ketones (excluding diaryl/α,β-unsaturated/α-hetero) is 1. The first-order chi connectivity index (χ1) is 9.20. The highest BCUT2D eigenvalue weighted by Gasteiger charge is 2.09. The largest absolute Gasteiger partial charge is 0.294 e. The van der Waals surface area contributed by atoms with Crippen LogP contribution in [0.4, 0.5) is 0 Å². The van der Waals surface area contributed by atoms with Crippen molar-refractivity contribution in [3.05, 3.63) is 53.3 Å². The summed E-state index contributed by atoms with van der Waals surface area (Å²) >= 11 is 0. The van der Waals surface area contributed by atoms with Gasteiger partial charge in [-0.1, -0.05) is 31.2 Å². The Morgan fingerprint density at radius 3 is 2.84 bits per heavy atom. The summed E-state index contributed by atoms with van der Waals surface area (Å²) in [5, 5.41) is 4.20. The highest BCUT2D eigenvalue weighted by Crippen LogP contribution is 2.12.